The molecule has 3 heterocycles. The van der Waals surface area contributed by atoms with Crippen molar-refractivity contribution >= 4 is 22.6 Å². The van der Waals surface area contributed by atoms with Crippen LogP contribution in [0, 0.1) is 6.92 Å². The molecule has 1 aliphatic heterocycles. The minimum atomic E-state index is 0.652. The number of para-hydroxylation sites is 1. The summed E-state index contributed by atoms with van der Waals surface area (Å²) in [5.74, 6) is 1.62. The first-order valence-corrected chi connectivity index (χ1v) is 9.33. The van der Waals surface area contributed by atoms with E-state index in [0.29, 0.717) is 5.58 Å². The highest BCUT2D eigenvalue weighted by Crippen LogP contribution is 2.38. The van der Waals surface area contributed by atoms with Gasteiger partial charge in [-0.3, -0.25) is 0 Å². The van der Waals surface area contributed by atoms with E-state index in [0.717, 1.165) is 47.8 Å². The smallest absolute Gasteiger partial charge is 0.228 e. The molecule has 4 aromatic rings. The highest BCUT2D eigenvalue weighted by Gasteiger charge is 2.27. The Morgan fingerprint density at radius 3 is 2.67 bits per heavy atom. The second-order valence-corrected chi connectivity index (χ2v) is 6.92. The zero-order valence-electron chi connectivity index (χ0n) is 15.4. The van der Waals surface area contributed by atoms with Crippen molar-refractivity contribution in [2.75, 3.05) is 11.4 Å². The van der Waals surface area contributed by atoms with Gasteiger partial charge in [0.25, 0.3) is 0 Å². The lowest BCUT2D eigenvalue weighted by molar-refractivity contribution is 0.458. The van der Waals surface area contributed by atoms with Gasteiger partial charge in [0.05, 0.1) is 0 Å². The maximum atomic E-state index is 5.78. The van der Waals surface area contributed by atoms with E-state index in [1.165, 1.54) is 16.8 Å². The minimum absolute atomic E-state index is 0.652. The predicted octanol–water partition coefficient (Wildman–Crippen LogP) is 4.85. The Balaban J connectivity index is 1.71. The quantitative estimate of drug-likeness (QED) is 0.525. The van der Waals surface area contributed by atoms with Crippen LogP contribution in [0.25, 0.3) is 22.4 Å². The molecule has 0 spiro atoms. The minimum Gasteiger partial charge on any atom is -0.350 e. The van der Waals surface area contributed by atoms with Crippen LogP contribution in [-0.4, -0.2) is 21.7 Å². The van der Waals surface area contributed by atoms with E-state index >= 15 is 0 Å². The van der Waals surface area contributed by atoms with Gasteiger partial charge in [0.15, 0.2) is 5.82 Å². The number of nitrogens with zero attached hydrogens (tertiary/aromatic N) is 4. The van der Waals surface area contributed by atoms with Gasteiger partial charge in [0.2, 0.25) is 5.58 Å². The Kier molecular flexibility index (Phi) is 3.67. The highest BCUT2D eigenvalue weighted by atomic mass is 16.5. The second-order valence-electron chi connectivity index (χ2n) is 6.92. The molecule has 2 aromatic heterocycles. The van der Waals surface area contributed by atoms with Gasteiger partial charge in [0.1, 0.15) is 17.0 Å². The van der Waals surface area contributed by atoms with Gasteiger partial charge in [0, 0.05) is 24.2 Å². The van der Waals surface area contributed by atoms with Gasteiger partial charge >= 0.3 is 0 Å². The number of aromatic nitrogens is 3. The number of fused-ring (bicyclic) bond motifs is 2. The average Bonchev–Trinajstić information content (AvgIpc) is 3.32. The van der Waals surface area contributed by atoms with E-state index in [2.05, 4.69) is 72.4 Å². The first-order valence-electron chi connectivity index (χ1n) is 9.33. The summed E-state index contributed by atoms with van der Waals surface area (Å²) in [6, 6.07) is 16.7. The summed E-state index contributed by atoms with van der Waals surface area (Å²) in [7, 11) is 0. The summed E-state index contributed by atoms with van der Waals surface area (Å²) in [6.45, 7) is 5.03. The number of benzene rings is 2. The molecule has 5 heteroatoms. The molecule has 0 amide bonds. The Bertz CT molecular complexity index is 1130. The van der Waals surface area contributed by atoms with E-state index in [-0.39, 0.29) is 0 Å². The molecular formula is C22H20N4O. The maximum Gasteiger partial charge on any atom is 0.228 e. The summed E-state index contributed by atoms with van der Waals surface area (Å²) in [5, 5.41) is 4.35. The van der Waals surface area contributed by atoms with Crippen molar-refractivity contribution in [3.63, 3.8) is 0 Å². The number of anilines is 2. The number of rotatable bonds is 3. The van der Waals surface area contributed by atoms with E-state index in [4.69, 9.17) is 14.5 Å². The number of hydrogen-bond acceptors (Lipinski definition) is 5. The molecule has 134 valence electrons. The first kappa shape index (κ1) is 16.0. The molecule has 0 unspecified atom stereocenters. The van der Waals surface area contributed by atoms with Crippen LogP contribution >= 0.6 is 0 Å². The van der Waals surface area contributed by atoms with E-state index in [1.807, 2.05) is 0 Å². The fourth-order valence-electron chi connectivity index (χ4n) is 3.66. The molecule has 2 aromatic carbocycles. The largest absolute Gasteiger partial charge is 0.350 e. The van der Waals surface area contributed by atoms with E-state index in [9.17, 15) is 0 Å². The Hall–Kier alpha value is -3.21. The van der Waals surface area contributed by atoms with Crippen LogP contribution in [0.3, 0.4) is 0 Å². The predicted molar refractivity (Wildman–Crippen MR) is 106 cm³/mol. The molecule has 5 rings (SSSR count). The van der Waals surface area contributed by atoms with E-state index in [1.54, 1.807) is 0 Å². The van der Waals surface area contributed by atoms with Crippen molar-refractivity contribution < 1.29 is 4.52 Å². The molecule has 0 saturated heterocycles. The van der Waals surface area contributed by atoms with Crippen molar-refractivity contribution in [3.8, 4) is 11.3 Å². The Morgan fingerprint density at radius 2 is 1.85 bits per heavy atom. The summed E-state index contributed by atoms with van der Waals surface area (Å²) in [6.07, 6.45) is 1.76. The molecule has 27 heavy (non-hydrogen) atoms. The molecule has 0 bridgehead atoms. The van der Waals surface area contributed by atoms with Gasteiger partial charge in [-0.1, -0.05) is 60.1 Å². The fraction of sp³-hybridized carbons (Fsp3) is 0.227. The molecule has 0 aliphatic carbocycles. The molecule has 0 radical (unpaired) electrons. The average molecular weight is 356 g/mol. The van der Waals surface area contributed by atoms with Crippen LogP contribution in [0.4, 0.5) is 11.5 Å². The third kappa shape index (κ3) is 2.58. The van der Waals surface area contributed by atoms with Crippen LogP contribution < -0.4 is 4.90 Å². The number of aryl methyl sites for hydroxylation is 2. The fourth-order valence-corrected chi connectivity index (χ4v) is 3.66. The van der Waals surface area contributed by atoms with Crippen LogP contribution in [0.5, 0.6) is 0 Å². The monoisotopic (exact) mass is 356 g/mol. The molecule has 5 nitrogen and oxygen atoms in total. The van der Waals surface area contributed by atoms with Crippen molar-refractivity contribution in [2.24, 2.45) is 0 Å². The highest BCUT2D eigenvalue weighted by molar-refractivity contribution is 5.95. The molecule has 0 N–H and O–H groups in total. The Morgan fingerprint density at radius 1 is 1.04 bits per heavy atom. The van der Waals surface area contributed by atoms with Gasteiger partial charge < -0.3 is 9.42 Å². The standard InChI is InChI=1S/C22H20N4O/c1-3-18-23-20-19(16-10-8-14(2)9-11-16)25-27-21(20)22(24-18)26-13-12-15-6-4-5-7-17(15)26/h4-11H,3,12-13H2,1-2H3. The van der Waals surface area contributed by atoms with Crippen LogP contribution in [0.15, 0.2) is 53.1 Å². The molecule has 0 saturated carbocycles. The second kappa shape index (κ2) is 6.20. The SMILES string of the molecule is CCc1nc(N2CCc3ccccc32)c2onc(-c3ccc(C)cc3)c2n1. The molecule has 0 atom stereocenters. The van der Waals surface area contributed by atoms with Crippen molar-refractivity contribution in [1.29, 1.82) is 0 Å². The number of hydrogen-bond donors (Lipinski definition) is 0. The van der Waals surface area contributed by atoms with Crippen LogP contribution in [0.2, 0.25) is 0 Å². The van der Waals surface area contributed by atoms with Crippen molar-refractivity contribution in [2.45, 2.75) is 26.7 Å². The van der Waals surface area contributed by atoms with Gasteiger partial charge in [-0.25, -0.2) is 9.97 Å². The normalized spacial score (nSPS) is 13.3. The van der Waals surface area contributed by atoms with Crippen molar-refractivity contribution in [3.05, 3.63) is 65.5 Å². The summed E-state index contributed by atoms with van der Waals surface area (Å²) in [5.41, 5.74) is 6.95. The molecular weight excluding hydrogens is 336 g/mol. The summed E-state index contributed by atoms with van der Waals surface area (Å²) < 4.78 is 5.78. The topological polar surface area (TPSA) is 55.1 Å². The Labute approximate surface area is 157 Å². The lowest BCUT2D eigenvalue weighted by Gasteiger charge is -2.18. The lowest BCUT2D eigenvalue weighted by atomic mass is 10.1. The first-order chi connectivity index (χ1) is 13.2. The summed E-state index contributed by atoms with van der Waals surface area (Å²) >= 11 is 0. The zero-order valence-corrected chi connectivity index (χ0v) is 15.4. The van der Waals surface area contributed by atoms with Gasteiger partial charge in [-0.05, 0) is 25.0 Å². The summed E-state index contributed by atoms with van der Waals surface area (Å²) in [4.78, 5) is 11.8. The third-order valence-corrected chi connectivity index (χ3v) is 5.13. The van der Waals surface area contributed by atoms with E-state index < -0.39 is 0 Å². The third-order valence-electron chi connectivity index (χ3n) is 5.13. The van der Waals surface area contributed by atoms with Gasteiger partial charge in [-0.2, -0.15) is 0 Å². The lowest BCUT2D eigenvalue weighted by Crippen LogP contribution is -2.16. The van der Waals surface area contributed by atoms with Gasteiger partial charge in [-0.15, -0.1) is 0 Å². The van der Waals surface area contributed by atoms with Crippen LogP contribution in [0.1, 0.15) is 23.9 Å². The molecule has 1 aliphatic rings. The van der Waals surface area contributed by atoms with Crippen molar-refractivity contribution in [1.82, 2.24) is 15.1 Å². The maximum absolute atomic E-state index is 5.78. The van der Waals surface area contributed by atoms with Crippen LogP contribution in [-0.2, 0) is 12.8 Å². The molecule has 0 fully saturated rings. The zero-order chi connectivity index (χ0) is 18.4.